The van der Waals surface area contributed by atoms with Gasteiger partial charge in [-0.05, 0) is 37.0 Å². The molecule has 5 heteroatoms. The van der Waals surface area contributed by atoms with Gasteiger partial charge in [-0.1, -0.05) is 19.1 Å². The lowest BCUT2D eigenvalue weighted by molar-refractivity contribution is -0.122. The predicted molar refractivity (Wildman–Crippen MR) is 79.8 cm³/mol. The molecule has 3 N–H and O–H groups in total. The third kappa shape index (κ3) is 6.45. The fourth-order valence-electron chi connectivity index (χ4n) is 1.67. The number of benzene rings is 1. The molecule has 2 unspecified atom stereocenters. The second-order valence-electron chi connectivity index (χ2n) is 4.69. The third-order valence-electron chi connectivity index (χ3n) is 2.78. The van der Waals surface area contributed by atoms with Gasteiger partial charge in [-0.3, -0.25) is 4.79 Å². The van der Waals surface area contributed by atoms with Crippen molar-refractivity contribution < 1.29 is 9.53 Å². The number of amides is 1. The molecule has 1 aromatic carbocycles. The molecule has 0 aromatic heterocycles. The monoisotopic (exact) mass is 286 g/mol. The lowest BCUT2D eigenvalue weighted by Gasteiger charge is -2.14. The molecule has 0 fully saturated rings. The van der Waals surface area contributed by atoms with E-state index in [1.54, 1.807) is 14.0 Å². The molecule has 0 radical (unpaired) electrons. The molecular weight excluding hydrogens is 264 g/mol. The third-order valence-corrected chi connectivity index (χ3v) is 2.78. The van der Waals surface area contributed by atoms with Crippen LogP contribution in [0.3, 0.4) is 0 Å². The summed E-state index contributed by atoms with van der Waals surface area (Å²) in [7, 11) is 1.65. The van der Waals surface area contributed by atoms with E-state index in [1.165, 1.54) is 5.56 Å². The smallest absolute Gasteiger partial charge is 0.236 e. The molecule has 0 spiro atoms. The molecule has 19 heavy (non-hydrogen) atoms. The quantitative estimate of drug-likeness (QED) is 0.837. The zero-order valence-corrected chi connectivity index (χ0v) is 12.5. The molecule has 0 saturated heterocycles. The number of methoxy groups -OCH3 is 1. The second-order valence-corrected chi connectivity index (χ2v) is 4.69. The summed E-state index contributed by atoms with van der Waals surface area (Å²) < 4.78 is 5.11. The van der Waals surface area contributed by atoms with Gasteiger partial charge in [0.25, 0.3) is 0 Å². The average molecular weight is 287 g/mol. The topological polar surface area (TPSA) is 64.3 Å². The summed E-state index contributed by atoms with van der Waals surface area (Å²) in [6, 6.07) is 7.54. The van der Waals surface area contributed by atoms with Crippen molar-refractivity contribution in [3.8, 4) is 5.75 Å². The van der Waals surface area contributed by atoms with Gasteiger partial charge >= 0.3 is 0 Å². The molecule has 1 amide bonds. The van der Waals surface area contributed by atoms with E-state index in [-0.39, 0.29) is 18.3 Å². The highest BCUT2D eigenvalue weighted by Crippen LogP contribution is 2.14. The van der Waals surface area contributed by atoms with Crippen LogP contribution in [0.2, 0.25) is 0 Å². The Hall–Kier alpha value is -1.26. The first-order valence-electron chi connectivity index (χ1n) is 6.19. The van der Waals surface area contributed by atoms with E-state index in [1.807, 2.05) is 24.3 Å². The van der Waals surface area contributed by atoms with Crippen molar-refractivity contribution in [3.05, 3.63) is 29.8 Å². The van der Waals surface area contributed by atoms with Crippen molar-refractivity contribution >= 4 is 18.3 Å². The minimum absolute atomic E-state index is 0. The lowest BCUT2D eigenvalue weighted by Crippen LogP contribution is -2.40. The second kappa shape index (κ2) is 8.77. The van der Waals surface area contributed by atoms with Gasteiger partial charge in [0.1, 0.15) is 5.75 Å². The maximum Gasteiger partial charge on any atom is 0.236 e. The molecular formula is C14H23ClN2O2. The highest BCUT2D eigenvalue weighted by molar-refractivity contribution is 5.85. The molecule has 0 aliphatic heterocycles. The highest BCUT2D eigenvalue weighted by atomic mass is 35.5. The molecule has 0 aliphatic carbocycles. The number of nitrogens with one attached hydrogen (secondary N) is 1. The maximum atomic E-state index is 11.3. The Kier molecular flexibility index (Phi) is 8.19. The number of carbonyl (C=O) groups excluding carboxylic acids is 1. The van der Waals surface area contributed by atoms with Crippen molar-refractivity contribution in [2.45, 2.75) is 26.3 Å². The summed E-state index contributed by atoms with van der Waals surface area (Å²) >= 11 is 0. The molecule has 1 rings (SSSR count). The molecule has 1 aromatic rings. The van der Waals surface area contributed by atoms with Crippen LogP contribution in [0.25, 0.3) is 0 Å². The van der Waals surface area contributed by atoms with Crippen molar-refractivity contribution in [2.24, 2.45) is 11.7 Å². The zero-order valence-electron chi connectivity index (χ0n) is 11.7. The van der Waals surface area contributed by atoms with Crippen molar-refractivity contribution in [3.63, 3.8) is 0 Å². The van der Waals surface area contributed by atoms with Gasteiger partial charge in [-0.2, -0.15) is 0 Å². The first kappa shape index (κ1) is 17.7. The summed E-state index contributed by atoms with van der Waals surface area (Å²) in [5, 5.41) is 2.84. The van der Waals surface area contributed by atoms with Crippen molar-refractivity contribution in [1.29, 1.82) is 0 Å². The minimum atomic E-state index is -0.446. The van der Waals surface area contributed by atoms with Gasteiger partial charge in [-0.25, -0.2) is 0 Å². The van der Waals surface area contributed by atoms with Gasteiger partial charge in [-0.15, -0.1) is 12.4 Å². The summed E-state index contributed by atoms with van der Waals surface area (Å²) in [5.41, 5.74) is 6.72. The Morgan fingerprint density at radius 2 is 1.89 bits per heavy atom. The summed E-state index contributed by atoms with van der Waals surface area (Å²) in [5.74, 6) is 1.13. The molecule has 2 atom stereocenters. The maximum absolute atomic E-state index is 11.3. The first-order chi connectivity index (χ1) is 8.52. The van der Waals surface area contributed by atoms with Crippen LogP contribution in [-0.2, 0) is 11.2 Å². The van der Waals surface area contributed by atoms with Gasteiger partial charge in [0.15, 0.2) is 0 Å². The number of hydrogen-bond acceptors (Lipinski definition) is 3. The minimum Gasteiger partial charge on any atom is -0.497 e. The van der Waals surface area contributed by atoms with Crippen LogP contribution in [0, 0.1) is 5.92 Å². The normalized spacial score (nSPS) is 13.1. The van der Waals surface area contributed by atoms with Crippen molar-refractivity contribution in [1.82, 2.24) is 5.32 Å². The number of ether oxygens (including phenoxy) is 1. The summed E-state index contributed by atoms with van der Waals surface area (Å²) in [6.07, 6.45) is 0.920. The Bertz CT molecular complexity index is 380. The summed E-state index contributed by atoms with van der Waals surface area (Å²) in [4.78, 5) is 11.3. The van der Waals surface area contributed by atoms with E-state index >= 15 is 0 Å². The van der Waals surface area contributed by atoms with Crippen LogP contribution in [0.15, 0.2) is 24.3 Å². The number of hydrogen-bond donors (Lipinski definition) is 2. The largest absolute Gasteiger partial charge is 0.497 e. The molecule has 0 bridgehead atoms. The fraction of sp³-hybridized carbons (Fsp3) is 0.500. The Balaban J connectivity index is 0.00000324. The van der Waals surface area contributed by atoms with E-state index < -0.39 is 6.04 Å². The van der Waals surface area contributed by atoms with Crippen molar-refractivity contribution in [2.75, 3.05) is 13.7 Å². The number of nitrogens with two attached hydrogens (primary N) is 1. The Morgan fingerprint density at radius 1 is 1.32 bits per heavy atom. The highest BCUT2D eigenvalue weighted by Gasteiger charge is 2.09. The molecule has 0 saturated carbocycles. The molecule has 4 nitrogen and oxygen atoms in total. The predicted octanol–water partition coefficient (Wildman–Crippen LogP) is 1.76. The standard InChI is InChI=1S/C14H22N2O2.ClH/c1-10(9-16-14(17)11(2)15)8-12-4-6-13(18-3)7-5-12;/h4-7,10-11H,8-9,15H2,1-3H3,(H,16,17);1H. The van der Waals surface area contributed by atoms with E-state index in [4.69, 9.17) is 10.5 Å². The first-order valence-corrected chi connectivity index (χ1v) is 6.19. The van der Waals surface area contributed by atoms with Crippen LogP contribution in [0.5, 0.6) is 5.75 Å². The van der Waals surface area contributed by atoms with Crippen LogP contribution in [0.1, 0.15) is 19.4 Å². The number of halogens is 1. The fourth-order valence-corrected chi connectivity index (χ4v) is 1.67. The zero-order chi connectivity index (χ0) is 13.5. The number of rotatable bonds is 6. The van der Waals surface area contributed by atoms with Gasteiger partial charge in [0.2, 0.25) is 5.91 Å². The molecule has 0 aliphatic rings. The van der Waals surface area contributed by atoms with E-state index in [2.05, 4.69) is 12.2 Å². The SMILES string of the molecule is COc1ccc(CC(C)CNC(=O)C(C)N)cc1.Cl. The van der Waals surface area contributed by atoms with E-state index in [9.17, 15) is 4.79 Å². The van der Waals surface area contributed by atoms with Crippen LogP contribution in [-0.4, -0.2) is 25.6 Å². The van der Waals surface area contributed by atoms with Crippen LogP contribution in [0.4, 0.5) is 0 Å². The Labute approximate surface area is 121 Å². The number of carbonyl (C=O) groups is 1. The Morgan fingerprint density at radius 3 is 2.37 bits per heavy atom. The summed E-state index contributed by atoms with van der Waals surface area (Å²) in [6.45, 7) is 4.43. The average Bonchev–Trinajstić information content (AvgIpc) is 2.36. The van der Waals surface area contributed by atoms with E-state index in [0.29, 0.717) is 12.5 Å². The van der Waals surface area contributed by atoms with Crippen LogP contribution < -0.4 is 15.8 Å². The van der Waals surface area contributed by atoms with Gasteiger partial charge < -0.3 is 15.8 Å². The molecule has 108 valence electrons. The van der Waals surface area contributed by atoms with E-state index in [0.717, 1.165) is 12.2 Å². The van der Waals surface area contributed by atoms with Gasteiger partial charge in [0, 0.05) is 6.54 Å². The van der Waals surface area contributed by atoms with Gasteiger partial charge in [0.05, 0.1) is 13.2 Å². The molecule has 0 heterocycles. The lowest BCUT2D eigenvalue weighted by atomic mass is 10.0. The van der Waals surface area contributed by atoms with Crippen LogP contribution >= 0.6 is 12.4 Å².